The van der Waals surface area contributed by atoms with Gasteiger partial charge in [0.05, 0.1) is 10.5 Å². The van der Waals surface area contributed by atoms with Gasteiger partial charge in [0.15, 0.2) is 12.4 Å². The third kappa shape index (κ3) is 3.70. The summed E-state index contributed by atoms with van der Waals surface area (Å²) in [6.07, 6.45) is 0. The molecular formula is C19H12ClNO5. The SMILES string of the molecule is O=C(COC(=O)c1ccc(Cl)c([N+](=O)[O-])c1)c1ccc2ccccc2c1. The van der Waals surface area contributed by atoms with E-state index in [0.29, 0.717) is 5.56 Å². The molecule has 0 saturated carbocycles. The van der Waals surface area contributed by atoms with Crippen LogP contribution < -0.4 is 0 Å². The molecule has 0 unspecified atom stereocenters. The summed E-state index contributed by atoms with van der Waals surface area (Å²) in [5, 5.41) is 12.7. The van der Waals surface area contributed by atoms with Crippen molar-refractivity contribution in [3.05, 3.63) is 86.9 Å². The molecule has 0 amide bonds. The molecule has 0 N–H and O–H groups in total. The highest BCUT2D eigenvalue weighted by Gasteiger charge is 2.18. The summed E-state index contributed by atoms with van der Waals surface area (Å²) in [5.74, 6) is -1.20. The molecule has 6 nitrogen and oxygen atoms in total. The minimum Gasteiger partial charge on any atom is -0.454 e. The average molecular weight is 370 g/mol. The lowest BCUT2D eigenvalue weighted by Crippen LogP contribution is -2.14. The highest BCUT2D eigenvalue weighted by Crippen LogP contribution is 2.25. The van der Waals surface area contributed by atoms with Gasteiger partial charge >= 0.3 is 5.97 Å². The van der Waals surface area contributed by atoms with Crippen molar-refractivity contribution in [2.45, 2.75) is 0 Å². The molecule has 0 heterocycles. The van der Waals surface area contributed by atoms with E-state index in [4.69, 9.17) is 16.3 Å². The Balaban J connectivity index is 1.71. The first-order valence-corrected chi connectivity index (χ1v) is 7.96. The summed E-state index contributed by atoms with van der Waals surface area (Å²) in [4.78, 5) is 34.5. The van der Waals surface area contributed by atoms with E-state index >= 15 is 0 Å². The molecule has 0 aliphatic heterocycles. The van der Waals surface area contributed by atoms with E-state index < -0.39 is 23.2 Å². The fourth-order valence-electron chi connectivity index (χ4n) is 2.44. The molecule has 26 heavy (non-hydrogen) atoms. The highest BCUT2D eigenvalue weighted by molar-refractivity contribution is 6.32. The van der Waals surface area contributed by atoms with Gasteiger partial charge in [0, 0.05) is 11.6 Å². The predicted octanol–water partition coefficient (Wildman–Crippen LogP) is 4.44. The molecule has 3 aromatic carbocycles. The predicted molar refractivity (Wildman–Crippen MR) is 96.7 cm³/mol. The molecule has 7 heteroatoms. The number of halogens is 1. The Labute approximate surface area is 153 Å². The van der Waals surface area contributed by atoms with E-state index in [-0.39, 0.29) is 16.4 Å². The maximum atomic E-state index is 12.2. The largest absolute Gasteiger partial charge is 0.454 e. The van der Waals surface area contributed by atoms with Gasteiger partial charge in [-0.15, -0.1) is 0 Å². The van der Waals surface area contributed by atoms with Crippen molar-refractivity contribution in [3.63, 3.8) is 0 Å². The van der Waals surface area contributed by atoms with E-state index in [9.17, 15) is 19.7 Å². The molecule has 0 bridgehead atoms. The number of esters is 1. The lowest BCUT2D eigenvalue weighted by Gasteiger charge is -2.06. The molecular weight excluding hydrogens is 358 g/mol. The third-order valence-electron chi connectivity index (χ3n) is 3.78. The third-order valence-corrected chi connectivity index (χ3v) is 4.10. The summed E-state index contributed by atoms with van der Waals surface area (Å²) >= 11 is 5.70. The zero-order valence-corrected chi connectivity index (χ0v) is 14.1. The molecule has 130 valence electrons. The molecule has 3 rings (SSSR count). The number of Topliss-reactive ketones (excluding diaryl/α,β-unsaturated/α-hetero) is 1. The van der Waals surface area contributed by atoms with Crippen LogP contribution in [0.4, 0.5) is 5.69 Å². The summed E-state index contributed by atoms with van der Waals surface area (Å²) in [5.41, 5.74) is -0.0343. The Morgan fingerprint density at radius 3 is 2.38 bits per heavy atom. The molecule has 3 aromatic rings. The summed E-state index contributed by atoms with van der Waals surface area (Å²) in [7, 11) is 0. The Hall–Kier alpha value is -3.25. The van der Waals surface area contributed by atoms with Crippen molar-refractivity contribution in [1.82, 2.24) is 0 Å². The molecule has 0 atom stereocenters. The zero-order chi connectivity index (χ0) is 18.7. The van der Waals surface area contributed by atoms with Gasteiger partial charge < -0.3 is 4.74 Å². The van der Waals surface area contributed by atoms with Crippen LogP contribution in [-0.4, -0.2) is 23.3 Å². The van der Waals surface area contributed by atoms with Crippen LogP contribution in [0.15, 0.2) is 60.7 Å². The number of hydrogen-bond acceptors (Lipinski definition) is 5. The number of benzene rings is 3. The Morgan fingerprint density at radius 1 is 0.962 bits per heavy atom. The van der Waals surface area contributed by atoms with Crippen LogP contribution in [-0.2, 0) is 4.74 Å². The number of fused-ring (bicyclic) bond motifs is 1. The number of nitro groups is 1. The topological polar surface area (TPSA) is 86.5 Å². The number of ether oxygens (including phenoxy) is 1. The zero-order valence-electron chi connectivity index (χ0n) is 13.3. The van der Waals surface area contributed by atoms with Crippen LogP contribution in [0.2, 0.25) is 5.02 Å². The van der Waals surface area contributed by atoms with Gasteiger partial charge in [0.1, 0.15) is 5.02 Å². The van der Waals surface area contributed by atoms with Crippen molar-refractivity contribution in [2.24, 2.45) is 0 Å². The first-order valence-electron chi connectivity index (χ1n) is 7.59. The standard InChI is InChI=1S/C19H12ClNO5/c20-16-8-7-15(10-17(16)21(24)25)19(23)26-11-18(22)14-6-5-12-3-1-2-4-13(12)9-14/h1-10H,11H2. The van der Waals surface area contributed by atoms with E-state index in [1.807, 2.05) is 30.3 Å². The fourth-order valence-corrected chi connectivity index (χ4v) is 2.63. The first kappa shape index (κ1) is 17.6. The lowest BCUT2D eigenvalue weighted by atomic mass is 10.0. The van der Waals surface area contributed by atoms with E-state index in [0.717, 1.165) is 16.8 Å². The summed E-state index contributed by atoms with van der Waals surface area (Å²) in [6.45, 7) is -0.465. The van der Waals surface area contributed by atoms with E-state index in [1.54, 1.807) is 12.1 Å². The number of ketones is 1. The fraction of sp³-hybridized carbons (Fsp3) is 0.0526. The second-order valence-corrected chi connectivity index (χ2v) is 5.89. The Morgan fingerprint density at radius 2 is 1.65 bits per heavy atom. The summed E-state index contributed by atoms with van der Waals surface area (Å²) in [6, 6.07) is 16.3. The van der Waals surface area contributed by atoms with Crippen molar-refractivity contribution in [1.29, 1.82) is 0 Å². The van der Waals surface area contributed by atoms with Gasteiger partial charge in [-0.1, -0.05) is 48.0 Å². The van der Waals surface area contributed by atoms with Crippen molar-refractivity contribution in [2.75, 3.05) is 6.61 Å². The quantitative estimate of drug-likeness (QED) is 0.287. The molecule has 0 saturated heterocycles. The lowest BCUT2D eigenvalue weighted by molar-refractivity contribution is -0.384. The van der Waals surface area contributed by atoms with Gasteiger partial charge in [-0.05, 0) is 29.0 Å². The van der Waals surface area contributed by atoms with Gasteiger partial charge in [0.25, 0.3) is 5.69 Å². The molecule has 0 aromatic heterocycles. The average Bonchev–Trinajstić information content (AvgIpc) is 2.65. The van der Waals surface area contributed by atoms with Crippen molar-refractivity contribution in [3.8, 4) is 0 Å². The van der Waals surface area contributed by atoms with Gasteiger partial charge in [-0.2, -0.15) is 0 Å². The van der Waals surface area contributed by atoms with Crippen LogP contribution in [0.5, 0.6) is 0 Å². The molecule has 0 spiro atoms. The molecule has 0 radical (unpaired) electrons. The minimum atomic E-state index is -0.834. The van der Waals surface area contributed by atoms with Crippen LogP contribution in [0.25, 0.3) is 10.8 Å². The summed E-state index contributed by atoms with van der Waals surface area (Å²) < 4.78 is 4.98. The number of nitrogens with zero attached hydrogens (tertiary/aromatic N) is 1. The van der Waals surface area contributed by atoms with Gasteiger partial charge in [0.2, 0.25) is 0 Å². The number of rotatable bonds is 5. The van der Waals surface area contributed by atoms with Crippen LogP contribution in [0.3, 0.4) is 0 Å². The monoisotopic (exact) mass is 369 g/mol. The normalized spacial score (nSPS) is 10.5. The Bertz CT molecular complexity index is 1030. The van der Waals surface area contributed by atoms with Crippen LogP contribution >= 0.6 is 11.6 Å². The highest BCUT2D eigenvalue weighted by atomic mass is 35.5. The number of nitro benzene ring substituents is 1. The minimum absolute atomic E-state index is 0.0487. The van der Waals surface area contributed by atoms with Crippen molar-refractivity contribution < 1.29 is 19.2 Å². The van der Waals surface area contributed by atoms with Crippen LogP contribution in [0.1, 0.15) is 20.7 Å². The van der Waals surface area contributed by atoms with Gasteiger partial charge in [-0.25, -0.2) is 4.79 Å². The molecule has 0 aliphatic rings. The molecule has 0 aliphatic carbocycles. The maximum Gasteiger partial charge on any atom is 0.338 e. The number of hydrogen-bond donors (Lipinski definition) is 0. The second kappa shape index (κ2) is 7.33. The maximum absolute atomic E-state index is 12.2. The van der Waals surface area contributed by atoms with Crippen LogP contribution in [0, 0.1) is 10.1 Å². The smallest absolute Gasteiger partial charge is 0.338 e. The van der Waals surface area contributed by atoms with E-state index in [1.165, 1.54) is 12.1 Å². The second-order valence-electron chi connectivity index (χ2n) is 5.48. The van der Waals surface area contributed by atoms with E-state index in [2.05, 4.69) is 0 Å². The van der Waals surface area contributed by atoms with Crippen molar-refractivity contribution >= 4 is 39.8 Å². The molecule has 0 fully saturated rings. The Kier molecular flexibility index (Phi) is 4.95. The number of carbonyl (C=O) groups excluding carboxylic acids is 2. The first-order chi connectivity index (χ1) is 12.5. The van der Waals surface area contributed by atoms with Gasteiger partial charge in [-0.3, -0.25) is 14.9 Å². The number of carbonyl (C=O) groups is 2.